The van der Waals surface area contributed by atoms with E-state index in [4.69, 9.17) is 5.73 Å². The van der Waals surface area contributed by atoms with Crippen LogP contribution in [0.4, 0.5) is 5.69 Å². The number of carbonyl (C=O) groups excluding carboxylic acids is 2. The number of amides is 2. The van der Waals surface area contributed by atoms with Crippen LogP contribution in [0.1, 0.15) is 54.6 Å². The van der Waals surface area contributed by atoms with Crippen molar-refractivity contribution in [1.29, 1.82) is 0 Å². The second kappa shape index (κ2) is 9.27. The summed E-state index contributed by atoms with van der Waals surface area (Å²) in [5.74, 6) is -0.533. The minimum atomic E-state index is -0.430. The Bertz CT molecular complexity index is 1300. The van der Waals surface area contributed by atoms with E-state index in [-0.39, 0.29) is 5.91 Å². The summed E-state index contributed by atoms with van der Waals surface area (Å²) in [4.78, 5) is 23.9. The van der Waals surface area contributed by atoms with Crippen molar-refractivity contribution < 1.29 is 9.59 Å². The molecular weight excluding hydrogens is 398 g/mol. The number of rotatable bonds is 8. The van der Waals surface area contributed by atoms with Crippen molar-refractivity contribution in [3.8, 4) is 0 Å². The molecule has 0 fully saturated rings. The third-order valence-electron chi connectivity index (χ3n) is 5.95. The highest BCUT2D eigenvalue weighted by molar-refractivity contribution is 6.18. The summed E-state index contributed by atoms with van der Waals surface area (Å²) in [6, 6.07) is 20.0. The Morgan fingerprint density at radius 3 is 2.53 bits per heavy atom. The first-order valence-corrected chi connectivity index (χ1v) is 11.2. The van der Waals surface area contributed by atoms with Crippen molar-refractivity contribution in [1.82, 2.24) is 4.57 Å². The van der Waals surface area contributed by atoms with Crippen molar-refractivity contribution in [3.05, 3.63) is 77.4 Å². The summed E-state index contributed by atoms with van der Waals surface area (Å²) < 4.78 is 2.22. The molecule has 32 heavy (non-hydrogen) atoms. The van der Waals surface area contributed by atoms with E-state index in [2.05, 4.69) is 35.0 Å². The average Bonchev–Trinajstić information content (AvgIpc) is 3.08. The first kappa shape index (κ1) is 21.6. The van der Waals surface area contributed by atoms with Gasteiger partial charge in [0.15, 0.2) is 0 Å². The number of hydrogen-bond donors (Lipinski definition) is 2. The van der Waals surface area contributed by atoms with E-state index in [1.807, 2.05) is 36.4 Å². The highest BCUT2D eigenvalue weighted by Gasteiger charge is 2.18. The average molecular weight is 428 g/mol. The Labute approximate surface area is 188 Å². The third kappa shape index (κ3) is 4.24. The summed E-state index contributed by atoms with van der Waals surface area (Å²) in [5.41, 5.74) is 11.4. The first-order chi connectivity index (χ1) is 15.5. The zero-order chi connectivity index (χ0) is 22.7. The second-order valence-electron chi connectivity index (χ2n) is 8.30. The van der Waals surface area contributed by atoms with Gasteiger partial charge >= 0.3 is 0 Å². The van der Waals surface area contributed by atoms with Crippen molar-refractivity contribution in [2.45, 2.75) is 46.1 Å². The van der Waals surface area contributed by atoms with Crippen LogP contribution in [0.15, 0.2) is 60.7 Å². The van der Waals surface area contributed by atoms with E-state index in [0.29, 0.717) is 12.1 Å². The molecule has 4 aromatic rings. The standard InChI is InChI=1S/C27H29N3O2/c1-3-4-5-9-19-14-15-21-25(16-19)30(24-13-8-11-22(26(21)24)27(28)32)17-20-10-6-7-12-23(20)29-18(2)31/h6-8,10-16H,3-5,9,17H2,1-2H3,(H2,28,32)(H,29,31). The van der Waals surface area contributed by atoms with Crippen LogP contribution in [0, 0.1) is 0 Å². The molecule has 3 N–H and O–H groups in total. The van der Waals surface area contributed by atoms with Gasteiger partial charge in [-0.3, -0.25) is 9.59 Å². The van der Waals surface area contributed by atoms with E-state index in [0.717, 1.165) is 45.9 Å². The third-order valence-corrected chi connectivity index (χ3v) is 5.95. The summed E-state index contributed by atoms with van der Waals surface area (Å²) >= 11 is 0. The number of nitrogens with zero attached hydrogens (tertiary/aromatic N) is 1. The van der Waals surface area contributed by atoms with Gasteiger partial charge in [-0.25, -0.2) is 0 Å². The van der Waals surface area contributed by atoms with Crippen molar-refractivity contribution in [3.63, 3.8) is 0 Å². The molecule has 0 unspecified atom stereocenters. The normalized spacial score (nSPS) is 11.2. The molecular formula is C27H29N3O2. The van der Waals surface area contributed by atoms with Crippen LogP contribution >= 0.6 is 0 Å². The number of anilines is 1. The van der Waals surface area contributed by atoms with Crippen LogP contribution in [0.3, 0.4) is 0 Å². The summed E-state index contributed by atoms with van der Waals surface area (Å²) in [5, 5.41) is 4.83. The van der Waals surface area contributed by atoms with Crippen LogP contribution in [0.2, 0.25) is 0 Å². The quantitative estimate of drug-likeness (QED) is 0.357. The Morgan fingerprint density at radius 2 is 1.78 bits per heavy atom. The molecule has 0 atom stereocenters. The fourth-order valence-electron chi connectivity index (χ4n) is 4.44. The van der Waals surface area contributed by atoms with E-state index in [9.17, 15) is 9.59 Å². The Morgan fingerprint density at radius 1 is 0.969 bits per heavy atom. The molecule has 0 bridgehead atoms. The summed E-state index contributed by atoms with van der Waals surface area (Å²) in [6.07, 6.45) is 4.57. The number of aromatic nitrogens is 1. The maximum Gasteiger partial charge on any atom is 0.249 e. The minimum absolute atomic E-state index is 0.103. The van der Waals surface area contributed by atoms with Crippen LogP contribution in [-0.4, -0.2) is 16.4 Å². The van der Waals surface area contributed by atoms with Crippen LogP contribution < -0.4 is 11.1 Å². The van der Waals surface area contributed by atoms with E-state index in [1.165, 1.54) is 25.3 Å². The smallest absolute Gasteiger partial charge is 0.249 e. The molecule has 3 aromatic carbocycles. The minimum Gasteiger partial charge on any atom is -0.366 e. The van der Waals surface area contributed by atoms with Gasteiger partial charge in [-0.2, -0.15) is 0 Å². The Hall–Kier alpha value is -3.60. The molecule has 5 nitrogen and oxygen atoms in total. The highest BCUT2D eigenvalue weighted by atomic mass is 16.1. The molecule has 164 valence electrons. The number of nitrogens with one attached hydrogen (secondary N) is 1. The molecule has 0 saturated heterocycles. The maximum atomic E-state index is 12.2. The van der Waals surface area contributed by atoms with Gasteiger partial charge in [0.05, 0.1) is 12.1 Å². The number of para-hydroxylation sites is 1. The van der Waals surface area contributed by atoms with Gasteiger partial charge in [0.2, 0.25) is 11.8 Å². The number of unbranched alkanes of at least 4 members (excludes halogenated alkanes) is 2. The number of carbonyl (C=O) groups is 2. The lowest BCUT2D eigenvalue weighted by Gasteiger charge is -2.13. The van der Waals surface area contributed by atoms with Crippen molar-refractivity contribution in [2.24, 2.45) is 5.73 Å². The van der Waals surface area contributed by atoms with Crippen LogP contribution in [-0.2, 0) is 17.8 Å². The SMILES string of the molecule is CCCCCc1ccc2c3c(C(N)=O)cccc3n(Cc3ccccc3NC(C)=O)c2c1. The second-order valence-corrected chi connectivity index (χ2v) is 8.30. The van der Waals surface area contributed by atoms with Gasteiger partial charge in [0, 0.05) is 34.5 Å². The molecule has 0 aliphatic heterocycles. The highest BCUT2D eigenvalue weighted by Crippen LogP contribution is 2.34. The van der Waals surface area contributed by atoms with E-state index >= 15 is 0 Å². The van der Waals surface area contributed by atoms with E-state index < -0.39 is 5.91 Å². The molecule has 5 heteroatoms. The lowest BCUT2D eigenvalue weighted by molar-refractivity contribution is -0.114. The molecule has 0 aliphatic carbocycles. The van der Waals surface area contributed by atoms with Gasteiger partial charge in [0.25, 0.3) is 0 Å². The number of nitrogens with two attached hydrogens (primary N) is 1. The van der Waals surface area contributed by atoms with Crippen molar-refractivity contribution in [2.75, 3.05) is 5.32 Å². The van der Waals surface area contributed by atoms with Gasteiger partial charge < -0.3 is 15.6 Å². The number of primary amides is 1. The lowest BCUT2D eigenvalue weighted by atomic mass is 10.0. The first-order valence-electron chi connectivity index (χ1n) is 11.2. The van der Waals surface area contributed by atoms with Gasteiger partial charge in [-0.15, -0.1) is 0 Å². The predicted molar refractivity (Wildman–Crippen MR) is 131 cm³/mol. The molecule has 0 spiro atoms. The fraction of sp³-hybridized carbons (Fsp3) is 0.259. The zero-order valence-electron chi connectivity index (χ0n) is 18.7. The van der Waals surface area contributed by atoms with Gasteiger partial charge in [0.1, 0.15) is 0 Å². The van der Waals surface area contributed by atoms with Crippen molar-refractivity contribution >= 4 is 39.3 Å². The molecule has 1 heterocycles. The summed E-state index contributed by atoms with van der Waals surface area (Å²) in [7, 11) is 0. The zero-order valence-corrected chi connectivity index (χ0v) is 18.7. The number of aryl methyl sites for hydroxylation is 1. The van der Waals surface area contributed by atoms with Crippen LogP contribution in [0.25, 0.3) is 21.8 Å². The molecule has 1 aromatic heterocycles. The molecule has 0 aliphatic rings. The number of benzene rings is 3. The fourth-order valence-corrected chi connectivity index (χ4v) is 4.44. The lowest BCUT2D eigenvalue weighted by Crippen LogP contribution is -2.11. The molecule has 4 rings (SSSR count). The topological polar surface area (TPSA) is 77.1 Å². The monoisotopic (exact) mass is 427 g/mol. The molecule has 0 saturated carbocycles. The maximum absolute atomic E-state index is 12.2. The van der Waals surface area contributed by atoms with Gasteiger partial charge in [-0.1, -0.05) is 56.2 Å². The Kier molecular flexibility index (Phi) is 6.26. The largest absolute Gasteiger partial charge is 0.366 e. The molecule has 2 amide bonds. The van der Waals surface area contributed by atoms with Crippen LogP contribution in [0.5, 0.6) is 0 Å². The molecule has 0 radical (unpaired) electrons. The predicted octanol–water partition coefficient (Wildman–Crippen LogP) is 5.63. The summed E-state index contributed by atoms with van der Waals surface area (Å²) in [6.45, 7) is 4.29. The number of hydrogen-bond acceptors (Lipinski definition) is 2. The van der Waals surface area contributed by atoms with E-state index in [1.54, 1.807) is 6.07 Å². The Balaban J connectivity index is 1.91. The van der Waals surface area contributed by atoms with Gasteiger partial charge in [-0.05, 0) is 48.2 Å². The number of fused-ring (bicyclic) bond motifs is 3.